The van der Waals surface area contributed by atoms with Gasteiger partial charge >= 0.3 is 0 Å². The van der Waals surface area contributed by atoms with Crippen molar-refractivity contribution in [3.8, 4) is 5.75 Å². The molecule has 0 heterocycles. The lowest BCUT2D eigenvalue weighted by atomic mass is 10.2. The first kappa shape index (κ1) is 19.5. The summed E-state index contributed by atoms with van der Waals surface area (Å²) in [6.07, 6.45) is 0. The third-order valence-corrected chi connectivity index (χ3v) is 4.87. The Labute approximate surface area is 157 Å². The molecule has 3 N–H and O–H groups in total. The summed E-state index contributed by atoms with van der Waals surface area (Å²) < 4.78 is 29.7. The first-order valence-corrected chi connectivity index (χ1v) is 9.70. The molecule has 0 fully saturated rings. The molecule has 0 aliphatic rings. The molecular formula is C16H18ClN3O3S2. The fourth-order valence-electron chi connectivity index (χ4n) is 1.88. The molecule has 134 valence electrons. The lowest BCUT2D eigenvalue weighted by Gasteiger charge is -2.12. The minimum atomic E-state index is -3.74. The summed E-state index contributed by atoms with van der Waals surface area (Å²) in [5, 5.41) is 3.70. The van der Waals surface area contributed by atoms with Crippen LogP contribution in [0.25, 0.3) is 0 Å². The van der Waals surface area contributed by atoms with Crippen LogP contribution in [0.1, 0.15) is 12.5 Å². The Bertz CT molecular complexity index is 810. The molecule has 0 bridgehead atoms. The fourth-order valence-corrected chi connectivity index (χ4v) is 3.05. The second-order valence-electron chi connectivity index (χ2n) is 4.94. The Kier molecular flexibility index (Phi) is 7.01. The van der Waals surface area contributed by atoms with E-state index < -0.39 is 10.0 Å². The Hall–Kier alpha value is -1.87. The molecule has 2 aromatic carbocycles. The maximum absolute atomic E-state index is 12.2. The van der Waals surface area contributed by atoms with Gasteiger partial charge in [0.2, 0.25) is 0 Å². The zero-order valence-corrected chi connectivity index (χ0v) is 15.8. The van der Waals surface area contributed by atoms with Crippen molar-refractivity contribution in [3.63, 3.8) is 0 Å². The number of rotatable bonds is 7. The van der Waals surface area contributed by atoms with E-state index in [2.05, 4.69) is 15.6 Å². The highest BCUT2D eigenvalue weighted by Crippen LogP contribution is 2.15. The summed E-state index contributed by atoms with van der Waals surface area (Å²) in [4.78, 5) is 2.33. The van der Waals surface area contributed by atoms with Gasteiger partial charge in [0.15, 0.2) is 5.11 Å². The normalized spacial score (nSPS) is 11.0. The van der Waals surface area contributed by atoms with Crippen molar-refractivity contribution >= 4 is 39.0 Å². The third-order valence-electron chi connectivity index (χ3n) is 3.11. The Morgan fingerprint density at radius 1 is 1.12 bits per heavy atom. The number of hydrazine groups is 1. The van der Waals surface area contributed by atoms with Crippen molar-refractivity contribution in [3.05, 3.63) is 59.1 Å². The average molecular weight is 400 g/mol. The highest BCUT2D eigenvalue weighted by atomic mass is 35.5. The zero-order valence-electron chi connectivity index (χ0n) is 13.5. The molecule has 0 saturated heterocycles. The SMILES string of the molecule is CCOc1ccc(S(=O)(=O)NNC(=S)NCc2ccc(Cl)cc2)cc1. The largest absolute Gasteiger partial charge is 0.494 e. The van der Waals surface area contributed by atoms with Gasteiger partial charge in [-0.05, 0) is 61.1 Å². The summed E-state index contributed by atoms with van der Waals surface area (Å²) in [5.74, 6) is 0.606. The van der Waals surface area contributed by atoms with Gasteiger partial charge in [0.1, 0.15) is 5.75 Å². The van der Waals surface area contributed by atoms with Crippen LogP contribution in [0.3, 0.4) is 0 Å². The number of hydrogen-bond acceptors (Lipinski definition) is 4. The third kappa shape index (κ3) is 6.17. The van der Waals surface area contributed by atoms with E-state index in [1.54, 1.807) is 24.3 Å². The summed E-state index contributed by atoms with van der Waals surface area (Å²) in [6.45, 7) is 2.81. The number of thiocarbonyl (C=S) groups is 1. The molecule has 2 rings (SSSR count). The van der Waals surface area contributed by atoms with Gasteiger partial charge in [-0.15, -0.1) is 4.83 Å². The highest BCUT2D eigenvalue weighted by Gasteiger charge is 2.14. The second kappa shape index (κ2) is 9.00. The molecule has 6 nitrogen and oxygen atoms in total. The van der Waals surface area contributed by atoms with E-state index in [0.717, 1.165) is 5.56 Å². The lowest BCUT2D eigenvalue weighted by Crippen LogP contribution is -2.46. The molecule has 0 radical (unpaired) electrons. The van der Waals surface area contributed by atoms with Crippen LogP contribution >= 0.6 is 23.8 Å². The number of ether oxygens (including phenoxy) is 1. The van der Waals surface area contributed by atoms with E-state index >= 15 is 0 Å². The minimum absolute atomic E-state index is 0.101. The first-order valence-electron chi connectivity index (χ1n) is 7.43. The molecule has 2 aromatic rings. The van der Waals surface area contributed by atoms with Crippen LogP contribution < -0.4 is 20.3 Å². The van der Waals surface area contributed by atoms with E-state index in [9.17, 15) is 8.42 Å². The van der Waals surface area contributed by atoms with Gasteiger partial charge in [0, 0.05) is 11.6 Å². The molecule has 0 aromatic heterocycles. The average Bonchev–Trinajstić information content (AvgIpc) is 2.60. The second-order valence-corrected chi connectivity index (χ2v) is 7.47. The van der Waals surface area contributed by atoms with Crippen LogP contribution in [0.15, 0.2) is 53.4 Å². The molecule has 0 aliphatic heterocycles. The summed E-state index contributed by atoms with van der Waals surface area (Å²) in [6, 6.07) is 13.3. The van der Waals surface area contributed by atoms with Gasteiger partial charge in [0.25, 0.3) is 10.0 Å². The van der Waals surface area contributed by atoms with Gasteiger partial charge < -0.3 is 10.1 Å². The summed E-state index contributed by atoms with van der Waals surface area (Å²) in [5.41, 5.74) is 3.43. The Balaban J connectivity index is 1.85. The number of benzene rings is 2. The number of hydrogen-bond donors (Lipinski definition) is 3. The predicted octanol–water partition coefficient (Wildman–Crippen LogP) is 2.60. The van der Waals surface area contributed by atoms with Crippen LogP contribution in [0.2, 0.25) is 5.02 Å². The van der Waals surface area contributed by atoms with Crippen LogP contribution in [-0.4, -0.2) is 20.1 Å². The molecule has 25 heavy (non-hydrogen) atoms. The van der Waals surface area contributed by atoms with Crippen molar-refractivity contribution < 1.29 is 13.2 Å². The first-order chi connectivity index (χ1) is 11.9. The quantitative estimate of drug-likeness (QED) is 0.490. The fraction of sp³-hybridized carbons (Fsp3) is 0.188. The standard InChI is InChI=1S/C16H18ClN3O3S2/c1-2-23-14-7-9-15(10-8-14)25(21,22)20-19-16(24)18-11-12-3-5-13(17)6-4-12/h3-10,20H,2,11H2,1H3,(H2,18,19,24). The van der Waals surface area contributed by atoms with E-state index in [4.69, 9.17) is 28.6 Å². The van der Waals surface area contributed by atoms with E-state index in [0.29, 0.717) is 23.9 Å². The summed E-state index contributed by atoms with van der Waals surface area (Å²) >= 11 is 10.9. The van der Waals surface area contributed by atoms with Crippen LogP contribution in [0, 0.1) is 0 Å². The van der Waals surface area contributed by atoms with Gasteiger partial charge in [-0.2, -0.15) is 0 Å². The molecule has 0 aliphatic carbocycles. The smallest absolute Gasteiger partial charge is 0.257 e. The van der Waals surface area contributed by atoms with Gasteiger partial charge in [0.05, 0.1) is 11.5 Å². The zero-order chi connectivity index (χ0) is 18.3. The van der Waals surface area contributed by atoms with Gasteiger partial charge in [-0.1, -0.05) is 23.7 Å². The van der Waals surface area contributed by atoms with Crippen LogP contribution in [-0.2, 0) is 16.6 Å². The molecule has 0 saturated carbocycles. The predicted molar refractivity (Wildman–Crippen MR) is 102 cm³/mol. The summed E-state index contributed by atoms with van der Waals surface area (Å²) in [7, 11) is -3.74. The van der Waals surface area contributed by atoms with Crippen molar-refractivity contribution in [1.82, 2.24) is 15.6 Å². The highest BCUT2D eigenvalue weighted by molar-refractivity contribution is 7.89. The number of sulfonamides is 1. The monoisotopic (exact) mass is 399 g/mol. The van der Waals surface area contributed by atoms with E-state index in [-0.39, 0.29) is 10.0 Å². The molecular weight excluding hydrogens is 382 g/mol. The van der Waals surface area contributed by atoms with Crippen LogP contribution in [0.5, 0.6) is 5.75 Å². The molecule has 0 atom stereocenters. The van der Waals surface area contributed by atoms with Crippen molar-refractivity contribution in [2.75, 3.05) is 6.61 Å². The van der Waals surface area contributed by atoms with Crippen molar-refractivity contribution in [1.29, 1.82) is 0 Å². The molecule has 9 heteroatoms. The molecule has 0 spiro atoms. The topological polar surface area (TPSA) is 79.5 Å². The molecule has 0 amide bonds. The van der Waals surface area contributed by atoms with E-state index in [1.165, 1.54) is 12.1 Å². The van der Waals surface area contributed by atoms with Crippen molar-refractivity contribution in [2.45, 2.75) is 18.4 Å². The minimum Gasteiger partial charge on any atom is -0.494 e. The van der Waals surface area contributed by atoms with Crippen LogP contribution in [0.4, 0.5) is 0 Å². The van der Waals surface area contributed by atoms with Crippen molar-refractivity contribution in [2.24, 2.45) is 0 Å². The molecule has 0 unspecified atom stereocenters. The Morgan fingerprint density at radius 2 is 1.76 bits per heavy atom. The Morgan fingerprint density at radius 3 is 2.36 bits per heavy atom. The maximum Gasteiger partial charge on any atom is 0.257 e. The van der Waals surface area contributed by atoms with Gasteiger partial charge in [-0.3, -0.25) is 5.43 Å². The number of halogens is 1. The number of nitrogens with one attached hydrogen (secondary N) is 3. The lowest BCUT2D eigenvalue weighted by molar-refractivity contribution is 0.340. The maximum atomic E-state index is 12.2. The van der Waals surface area contributed by atoms with E-state index in [1.807, 2.05) is 19.1 Å². The van der Waals surface area contributed by atoms with Gasteiger partial charge in [-0.25, -0.2) is 8.42 Å².